The van der Waals surface area contributed by atoms with Crippen LogP contribution in [0.4, 0.5) is 5.69 Å². The largest absolute Gasteiger partial charge is 0.481 e. The first-order chi connectivity index (χ1) is 9.60. The second-order valence-electron chi connectivity index (χ2n) is 4.73. The summed E-state index contributed by atoms with van der Waals surface area (Å²) in [5.74, 6) is -0.923. The van der Waals surface area contributed by atoms with Crippen LogP contribution >= 0.6 is 0 Å². The van der Waals surface area contributed by atoms with Gasteiger partial charge in [-0.15, -0.1) is 0 Å². The number of carbonyl (C=O) groups excluding carboxylic acids is 1. The Hall–Kier alpha value is -2.53. The molecular weight excluding hydrogens is 260 g/mol. The van der Waals surface area contributed by atoms with Crippen LogP contribution in [0.15, 0.2) is 29.4 Å². The standard InChI is InChI=1S/C13H14N4O3/c14-16-15-7-10-5-12(18)17(8-10)11-3-1-2-9(4-11)6-13(19)20/h1-4,10H,5-8H2,(H,19,20). The third-order valence-electron chi connectivity index (χ3n) is 3.19. The fraction of sp³-hybridized carbons (Fsp3) is 0.385. The summed E-state index contributed by atoms with van der Waals surface area (Å²) in [5.41, 5.74) is 9.65. The van der Waals surface area contributed by atoms with Crippen molar-refractivity contribution in [2.24, 2.45) is 11.0 Å². The first kappa shape index (κ1) is 13.9. The Labute approximate surface area is 115 Å². The van der Waals surface area contributed by atoms with E-state index in [1.165, 1.54) is 0 Å². The summed E-state index contributed by atoms with van der Waals surface area (Å²) in [6.07, 6.45) is 0.278. The zero-order valence-corrected chi connectivity index (χ0v) is 10.8. The highest BCUT2D eigenvalue weighted by molar-refractivity contribution is 5.95. The minimum atomic E-state index is -0.906. The molecule has 1 fully saturated rings. The molecule has 20 heavy (non-hydrogen) atoms. The maximum atomic E-state index is 12.0. The molecule has 1 N–H and O–H groups in total. The Balaban J connectivity index is 2.13. The topological polar surface area (TPSA) is 106 Å². The van der Waals surface area contributed by atoms with Crippen molar-refractivity contribution in [3.63, 3.8) is 0 Å². The number of amides is 1. The van der Waals surface area contributed by atoms with Gasteiger partial charge in [0.1, 0.15) is 0 Å². The molecule has 1 aromatic rings. The van der Waals surface area contributed by atoms with E-state index in [1.54, 1.807) is 29.2 Å². The van der Waals surface area contributed by atoms with E-state index in [9.17, 15) is 9.59 Å². The molecule has 1 aliphatic rings. The van der Waals surface area contributed by atoms with Crippen molar-refractivity contribution < 1.29 is 14.7 Å². The van der Waals surface area contributed by atoms with Crippen LogP contribution in [0, 0.1) is 5.92 Å². The highest BCUT2D eigenvalue weighted by atomic mass is 16.4. The van der Waals surface area contributed by atoms with Crippen LogP contribution < -0.4 is 4.90 Å². The summed E-state index contributed by atoms with van der Waals surface area (Å²) >= 11 is 0. The first-order valence-electron chi connectivity index (χ1n) is 6.22. The van der Waals surface area contributed by atoms with Gasteiger partial charge in [0.15, 0.2) is 0 Å². The minimum Gasteiger partial charge on any atom is -0.481 e. The lowest BCUT2D eigenvalue weighted by molar-refractivity contribution is -0.136. The average molecular weight is 274 g/mol. The molecule has 1 amide bonds. The minimum absolute atomic E-state index is 0.0153. The van der Waals surface area contributed by atoms with Gasteiger partial charge in [-0.25, -0.2) is 0 Å². The van der Waals surface area contributed by atoms with E-state index in [0.717, 1.165) is 0 Å². The molecule has 1 unspecified atom stereocenters. The van der Waals surface area contributed by atoms with Gasteiger partial charge in [0, 0.05) is 30.1 Å². The fourth-order valence-corrected chi connectivity index (χ4v) is 2.31. The lowest BCUT2D eigenvalue weighted by Crippen LogP contribution is -2.24. The Morgan fingerprint density at radius 1 is 1.55 bits per heavy atom. The molecule has 0 aliphatic carbocycles. The van der Waals surface area contributed by atoms with E-state index in [1.807, 2.05) is 0 Å². The summed E-state index contributed by atoms with van der Waals surface area (Å²) in [6.45, 7) is 0.794. The number of hydrogen-bond donors (Lipinski definition) is 1. The van der Waals surface area contributed by atoms with Crippen molar-refractivity contribution in [2.75, 3.05) is 18.0 Å². The van der Waals surface area contributed by atoms with Crippen LogP contribution in [-0.4, -0.2) is 30.1 Å². The van der Waals surface area contributed by atoms with E-state index in [-0.39, 0.29) is 18.2 Å². The number of nitrogens with zero attached hydrogens (tertiary/aromatic N) is 4. The fourth-order valence-electron chi connectivity index (χ4n) is 2.31. The smallest absolute Gasteiger partial charge is 0.307 e. The van der Waals surface area contributed by atoms with Crippen molar-refractivity contribution in [3.8, 4) is 0 Å². The van der Waals surface area contributed by atoms with Crippen LogP contribution in [0.2, 0.25) is 0 Å². The highest BCUT2D eigenvalue weighted by Gasteiger charge is 2.30. The number of carboxylic acid groups (broad SMARTS) is 1. The summed E-state index contributed by atoms with van der Waals surface area (Å²) in [7, 11) is 0. The summed E-state index contributed by atoms with van der Waals surface area (Å²) in [5, 5.41) is 12.3. The van der Waals surface area contributed by atoms with Crippen molar-refractivity contribution in [1.82, 2.24) is 0 Å². The number of carboxylic acids is 1. The van der Waals surface area contributed by atoms with Gasteiger partial charge in [-0.05, 0) is 29.1 Å². The van der Waals surface area contributed by atoms with Crippen molar-refractivity contribution >= 4 is 17.6 Å². The molecule has 0 saturated carbocycles. The Kier molecular flexibility index (Phi) is 4.22. The zero-order valence-electron chi connectivity index (χ0n) is 10.8. The molecule has 7 nitrogen and oxygen atoms in total. The zero-order chi connectivity index (χ0) is 14.5. The quantitative estimate of drug-likeness (QED) is 0.504. The van der Waals surface area contributed by atoms with E-state index < -0.39 is 5.97 Å². The van der Waals surface area contributed by atoms with Crippen LogP contribution in [0.3, 0.4) is 0 Å². The number of rotatable bonds is 5. The van der Waals surface area contributed by atoms with Crippen LogP contribution in [0.5, 0.6) is 0 Å². The molecule has 1 aromatic carbocycles. The average Bonchev–Trinajstić information content (AvgIpc) is 2.77. The van der Waals surface area contributed by atoms with Crippen molar-refractivity contribution in [1.29, 1.82) is 0 Å². The van der Waals surface area contributed by atoms with Gasteiger partial charge in [-0.3, -0.25) is 9.59 Å². The maximum absolute atomic E-state index is 12.0. The Bertz CT molecular complexity index is 581. The SMILES string of the molecule is [N-]=[N+]=NCC1CC(=O)N(c2cccc(CC(=O)O)c2)C1. The van der Waals surface area contributed by atoms with Crippen molar-refractivity contribution in [2.45, 2.75) is 12.8 Å². The molecule has 0 radical (unpaired) electrons. The molecule has 1 saturated heterocycles. The molecule has 1 heterocycles. The van der Waals surface area contributed by atoms with Gasteiger partial charge in [0.2, 0.25) is 5.91 Å². The maximum Gasteiger partial charge on any atom is 0.307 e. The molecule has 0 bridgehead atoms. The predicted molar refractivity (Wildman–Crippen MR) is 72.3 cm³/mol. The number of azide groups is 1. The molecular formula is C13H14N4O3. The molecule has 1 aliphatic heterocycles. The van der Waals surface area contributed by atoms with E-state index in [4.69, 9.17) is 10.6 Å². The summed E-state index contributed by atoms with van der Waals surface area (Å²) in [4.78, 5) is 27.0. The Morgan fingerprint density at radius 2 is 2.35 bits per heavy atom. The monoisotopic (exact) mass is 274 g/mol. The second kappa shape index (κ2) is 6.08. The second-order valence-corrected chi connectivity index (χ2v) is 4.73. The lowest BCUT2D eigenvalue weighted by atomic mass is 10.1. The number of aliphatic carboxylic acids is 1. The van der Waals surface area contributed by atoms with Gasteiger partial charge < -0.3 is 10.0 Å². The van der Waals surface area contributed by atoms with Gasteiger partial charge in [-0.1, -0.05) is 17.2 Å². The van der Waals surface area contributed by atoms with E-state index in [0.29, 0.717) is 30.8 Å². The van der Waals surface area contributed by atoms with Crippen LogP contribution in [0.1, 0.15) is 12.0 Å². The summed E-state index contributed by atoms with van der Waals surface area (Å²) < 4.78 is 0. The number of anilines is 1. The van der Waals surface area contributed by atoms with Crippen molar-refractivity contribution in [3.05, 3.63) is 40.3 Å². The van der Waals surface area contributed by atoms with E-state index >= 15 is 0 Å². The molecule has 0 aromatic heterocycles. The van der Waals surface area contributed by atoms with Gasteiger partial charge in [0.05, 0.1) is 6.42 Å². The van der Waals surface area contributed by atoms with E-state index in [2.05, 4.69) is 10.0 Å². The third-order valence-corrected chi connectivity index (χ3v) is 3.19. The molecule has 2 rings (SSSR count). The van der Waals surface area contributed by atoms with Crippen LogP contribution in [-0.2, 0) is 16.0 Å². The lowest BCUT2D eigenvalue weighted by Gasteiger charge is -2.17. The van der Waals surface area contributed by atoms with Gasteiger partial charge >= 0.3 is 5.97 Å². The van der Waals surface area contributed by atoms with Gasteiger partial charge in [-0.2, -0.15) is 0 Å². The number of hydrogen-bond acceptors (Lipinski definition) is 3. The Morgan fingerprint density at radius 3 is 3.05 bits per heavy atom. The highest BCUT2D eigenvalue weighted by Crippen LogP contribution is 2.26. The first-order valence-corrected chi connectivity index (χ1v) is 6.22. The number of benzene rings is 1. The normalized spacial score (nSPS) is 17.9. The molecule has 0 spiro atoms. The molecule has 104 valence electrons. The van der Waals surface area contributed by atoms with Crippen LogP contribution in [0.25, 0.3) is 10.4 Å². The van der Waals surface area contributed by atoms with Gasteiger partial charge in [0.25, 0.3) is 0 Å². The predicted octanol–water partition coefficient (Wildman–Crippen LogP) is 1.98. The number of carbonyl (C=O) groups is 2. The molecule has 7 heteroatoms. The summed E-state index contributed by atoms with van der Waals surface area (Å²) in [6, 6.07) is 6.94. The molecule has 1 atom stereocenters. The third kappa shape index (κ3) is 3.27.